The highest BCUT2D eigenvalue weighted by atomic mass is 35.5. The SMILES string of the molecule is C=C[C@@]1(O)CCO[C@H]([C@@H]2CC[C@H]2CN2C[C@@]3(CCCc4cc(Cl)ccc43)COc3ccc(C(=C)O)cc32)C1. The fraction of sp³-hybridized carbons (Fsp3) is 0.500. The lowest BCUT2D eigenvalue weighted by Gasteiger charge is -2.48. The average molecular weight is 536 g/mol. The van der Waals surface area contributed by atoms with Gasteiger partial charge in [-0.15, -0.1) is 6.58 Å². The predicted octanol–water partition coefficient (Wildman–Crippen LogP) is 6.46. The topological polar surface area (TPSA) is 62.2 Å². The molecular weight excluding hydrogens is 498 g/mol. The number of hydrogen-bond acceptors (Lipinski definition) is 5. The van der Waals surface area contributed by atoms with Gasteiger partial charge in [-0.2, -0.15) is 0 Å². The van der Waals surface area contributed by atoms with Crippen LogP contribution in [0.1, 0.15) is 55.2 Å². The largest absolute Gasteiger partial charge is 0.508 e. The Morgan fingerprint density at radius 1 is 1.18 bits per heavy atom. The van der Waals surface area contributed by atoms with E-state index in [-0.39, 0.29) is 17.3 Å². The van der Waals surface area contributed by atoms with Gasteiger partial charge >= 0.3 is 0 Å². The number of aryl methyl sites for hydroxylation is 1. The van der Waals surface area contributed by atoms with E-state index in [1.54, 1.807) is 6.08 Å². The third-order valence-corrected chi connectivity index (χ3v) is 9.82. The number of ether oxygens (including phenoxy) is 2. The molecular formula is C32H38ClNO4. The maximum Gasteiger partial charge on any atom is 0.142 e. The second kappa shape index (κ2) is 9.93. The molecule has 2 aliphatic heterocycles. The summed E-state index contributed by atoms with van der Waals surface area (Å²) in [7, 11) is 0. The monoisotopic (exact) mass is 535 g/mol. The van der Waals surface area contributed by atoms with Gasteiger partial charge < -0.3 is 24.6 Å². The highest BCUT2D eigenvalue weighted by Crippen LogP contribution is 2.48. The number of rotatable bonds is 5. The number of halogens is 1. The van der Waals surface area contributed by atoms with Gasteiger partial charge in [0, 0.05) is 41.9 Å². The third kappa shape index (κ3) is 4.63. The molecule has 2 fully saturated rings. The minimum atomic E-state index is -0.834. The van der Waals surface area contributed by atoms with E-state index in [0.717, 1.165) is 61.7 Å². The fourth-order valence-corrected chi connectivity index (χ4v) is 7.44. The van der Waals surface area contributed by atoms with Gasteiger partial charge in [0.05, 0.1) is 30.6 Å². The number of benzene rings is 2. The van der Waals surface area contributed by atoms with Crippen LogP contribution in [0.25, 0.3) is 5.76 Å². The van der Waals surface area contributed by atoms with E-state index < -0.39 is 5.60 Å². The van der Waals surface area contributed by atoms with Crippen LogP contribution in [-0.4, -0.2) is 48.2 Å². The molecule has 2 aliphatic carbocycles. The zero-order valence-electron chi connectivity index (χ0n) is 22.0. The molecule has 38 heavy (non-hydrogen) atoms. The van der Waals surface area contributed by atoms with Crippen LogP contribution >= 0.6 is 11.6 Å². The first-order valence-corrected chi connectivity index (χ1v) is 14.3. The quantitative estimate of drug-likeness (QED) is 0.339. The maximum atomic E-state index is 10.9. The van der Waals surface area contributed by atoms with Crippen LogP contribution in [0, 0.1) is 11.8 Å². The normalized spacial score (nSPS) is 32.4. The lowest BCUT2D eigenvalue weighted by atomic mass is 9.67. The highest BCUT2D eigenvalue weighted by Gasteiger charge is 2.46. The van der Waals surface area contributed by atoms with Gasteiger partial charge in [0.2, 0.25) is 0 Å². The Morgan fingerprint density at radius 3 is 2.82 bits per heavy atom. The van der Waals surface area contributed by atoms with Crippen LogP contribution in [-0.2, 0) is 16.6 Å². The first-order chi connectivity index (χ1) is 18.3. The number of fused-ring (bicyclic) bond motifs is 3. The zero-order valence-corrected chi connectivity index (χ0v) is 22.8. The lowest BCUT2D eigenvalue weighted by molar-refractivity contribution is -0.125. The van der Waals surface area contributed by atoms with E-state index in [9.17, 15) is 10.2 Å². The van der Waals surface area contributed by atoms with Crippen LogP contribution < -0.4 is 9.64 Å². The maximum absolute atomic E-state index is 10.9. The number of hydrogen-bond donors (Lipinski definition) is 2. The van der Waals surface area contributed by atoms with Gasteiger partial charge in [0.1, 0.15) is 11.5 Å². The van der Waals surface area contributed by atoms with Crippen LogP contribution in [0.4, 0.5) is 5.69 Å². The van der Waals surface area contributed by atoms with Crippen LogP contribution in [0.15, 0.2) is 55.6 Å². The van der Waals surface area contributed by atoms with Gasteiger partial charge in [-0.25, -0.2) is 0 Å². The van der Waals surface area contributed by atoms with Crippen LogP contribution in [0.5, 0.6) is 5.75 Å². The molecule has 2 aromatic carbocycles. The molecule has 2 heterocycles. The van der Waals surface area contributed by atoms with Crippen LogP contribution in [0.2, 0.25) is 5.02 Å². The van der Waals surface area contributed by atoms with Gasteiger partial charge in [-0.1, -0.05) is 30.3 Å². The standard InChI is InChI=1S/C32H38ClNO4/c1-3-32(36)13-14-37-30(17-32)26-9-6-24(26)18-34-19-31(12-4-5-23-15-25(33)8-10-27(23)31)20-38-29-11-7-22(21(2)35)16-28(29)34/h3,7-8,10-11,15-16,24,26,30,35-36H,1-2,4-6,9,12-14,17-20H2/t24-,26+,30-,31-,32+/m0/s1. The first-order valence-electron chi connectivity index (χ1n) is 14.0. The lowest BCUT2D eigenvalue weighted by Crippen LogP contribution is -2.52. The van der Waals surface area contributed by atoms with Crippen molar-refractivity contribution in [3.63, 3.8) is 0 Å². The van der Waals surface area contributed by atoms with Gasteiger partial charge in [0.25, 0.3) is 0 Å². The summed E-state index contributed by atoms with van der Waals surface area (Å²) in [6.45, 7) is 10.5. The molecule has 1 spiro atoms. The van der Waals surface area contributed by atoms with Crippen molar-refractivity contribution < 1.29 is 19.7 Å². The van der Waals surface area contributed by atoms with Crippen molar-refractivity contribution in [2.45, 2.75) is 62.1 Å². The predicted molar refractivity (Wildman–Crippen MR) is 152 cm³/mol. The number of anilines is 1. The van der Waals surface area contributed by atoms with Crippen molar-refractivity contribution in [2.24, 2.45) is 11.8 Å². The molecule has 4 aliphatic rings. The molecule has 0 amide bonds. The highest BCUT2D eigenvalue weighted by molar-refractivity contribution is 6.30. The molecule has 1 saturated heterocycles. The molecule has 0 bridgehead atoms. The van der Waals surface area contributed by atoms with E-state index in [0.29, 0.717) is 43.5 Å². The van der Waals surface area contributed by atoms with Crippen molar-refractivity contribution in [3.8, 4) is 5.75 Å². The Bertz CT molecular complexity index is 1250. The summed E-state index contributed by atoms with van der Waals surface area (Å²) in [6, 6.07) is 12.2. The number of nitrogens with zero attached hydrogens (tertiary/aromatic N) is 1. The summed E-state index contributed by atoms with van der Waals surface area (Å²) in [5.41, 5.74) is 3.41. The molecule has 6 rings (SSSR count). The molecule has 5 nitrogen and oxygen atoms in total. The van der Waals surface area contributed by atoms with Crippen molar-refractivity contribution in [1.82, 2.24) is 0 Å². The second-order valence-electron chi connectivity index (χ2n) is 11.9. The van der Waals surface area contributed by atoms with Gasteiger partial charge in [-0.05, 0) is 85.4 Å². The van der Waals surface area contributed by atoms with Gasteiger partial charge in [-0.3, -0.25) is 0 Å². The Morgan fingerprint density at radius 2 is 2.05 bits per heavy atom. The minimum absolute atomic E-state index is 0.0447. The Labute approximate surface area is 230 Å². The molecule has 2 aromatic rings. The van der Waals surface area contributed by atoms with E-state index in [4.69, 9.17) is 21.1 Å². The molecule has 0 radical (unpaired) electrons. The van der Waals surface area contributed by atoms with Crippen molar-refractivity contribution in [2.75, 3.05) is 31.2 Å². The van der Waals surface area contributed by atoms with Crippen molar-refractivity contribution >= 4 is 23.0 Å². The summed E-state index contributed by atoms with van der Waals surface area (Å²) >= 11 is 6.39. The molecule has 0 aromatic heterocycles. The van der Waals surface area contributed by atoms with E-state index in [1.165, 1.54) is 11.1 Å². The van der Waals surface area contributed by atoms with Crippen LogP contribution in [0.3, 0.4) is 0 Å². The summed E-state index contributed by atoms with van der Waals surface area (Å²) in [5, 5.41) is 21.9. The Hall–Kier alpha value is -2.47. The zero-order chi connectivity index (χ0) is 26.5. The molecule has 6 heteroatoms. The van der Waals surface area contributed by atoms with Crippen molar-refractivity contribution in [1.29, 1.82) is 0 Å². The van der Waals surface area contributed by atoms with Gasteiger partial charge in [0.15, 0.2) is 0 Å². The molecule has 5 atom stereocenters. The molecule has 2 N–H and O–H groups in total. The summed E-state index contributed by atoms with van der Waals surface area (Å²) < 4.78 is 12.8. The number of aliphatic hydroxyl groups excluding tert-OH is 1. The minimum Gasteiger partial charge on any atom is -0.508 e. The summed E-state index contributed by atoms with van der Waals surface area (Å²) in [5.74, 6) is 1.76. The molecule has 202 valence electrons. The fourth-order valence-electron chi connectivity index (χ4n) is 7.24. The second-order valence-corrected chi connectivity index (χ2v) is 12.3. The number of aliphatic hydroxyl groups is 2. The first kappa shape index (κ1) is 25.8. The molecule has 1 saturated carbocycles. The Balaban J connectivity index is 1.33. The summed E-state index contributed by atoms with van der Waals surface area (Å²) in [6.07, 6.45) is 8.40. The smallest absolute Gasteiger partial charge is 0.142 e. The van der Waals surface area contributed by atoms with E-state index in [1.807, 2.05) is 24.3 Å². The molecule has 0 unspecified atom stereocenters. The Kier molecular flexibility index (Phi) is 6.74. The van der Waals surface area contributed by atoms with E-state index >= 15 is 0 Å². The van der Waals surface area contributed by atoms with Crippen molar-refractivity contribution in [3.05, 3.63) is 77.3 Å². The van der Waals surface area contributed by atoms with E-state index in [2.05, 4.69) is 30.2 Å². The summed E-state index contributed by atoms with van der Waals surface area (Å²) in [4.78, 5) is 2.48. The average Bonchev–Trinajstić information content (AvgIpc) is 3.03. The third-order valence-electron chi connectivity index (χ3n) is 9.58.